The minimum absolute atomic E-state index is 0.0715. The molecule has 26 heavy (non-hydrogen) atoms. The lowest BCUT2D eigenvalue weighted by Gasteiger charge is -2.06. The molecule has 0 spiro atoms. The highest BCUT2D eigenvalue weighted by molar-refractivity contribution is 7.20. The van der Waals surface area contributed by atoms with E-state index in [4.69, 9.17) is 27.9 Å². The first-order valence-electron chi connectivity index (χ1n) is 8.17. The molecule has 3 rings (SSSR count). The van der Waals surface area contributed by atoms with Crippen LogP contribution in [0.1, 0.15) is 27.3 Å². The quantitative estimate of drug-likeness (QED) is 0.581. The normalized spacial score (nSPS) is 11.2. The van der Waals surface area contributed by atoms with Crippen LogP contribution in [0.3, 0.4) is 0 Å². The van der Waals surface area contributed by atoms with Gasteiger partial charge >= 0.3 is 0 Å². The Morgan fingerprint density at radius 2 is 2.15 bits per heavy atom. The average molecular weight is 412 g/mol. The Morgan fingerprint density at radius 3 is 2.88 bits per heavy atom. The van der Waals surface area contributed by atoms with Crippen LogP contribution in [0.5, 0.6) is 0 Å². The molecule has 0 unspecified atom stereocenters. The Hall–Kier alpha value is -1.60. The molecule has 0 bridgehead atoms. The van der Waals surface area contributed by atoms with Gasteiger partial charge in [0.25, 0.3) is 5.91 Å². The van der Waals surface area contributed by atoms with Gasteiger partial charge in [0.2, 0.25) is 0 Å². The number of aromatic nitrogens is 2. The smallest absolute Gasteiger partial charge is 0.261 e. The molecule has 0 aliphatic heterocycles. The van der Waals surface area contributed by atoms with Crippen LogP contribution >= 0.6 is 34.5 Å². The summed E-state index contributed by atoms with van der Waals surface area (Å²) >= 11 is 13.7. The first kappa shape index (κ1) is 19.2. The zero-order valence-corrected chi connectivity index (χ0v) is 16.8. The van der Waals surface area contributed by atoms with Gasteiger partial charge in [-0.25, -0.2) is 0 Å². The van der Waals surface area contributed by atoms with E-state index in [1.54, 1.807) is 13.2 Å². The van der Waals surface area contributed by atoms with E-state index in [1.165, 1.54) is 11.3 Å². The van der Waals surface area contributed by atoms with Crippen molar-refractivity contribution in [1.82, 2.24) is 15.1 Å². The second-order valence-electron chi connectivity index (χ2n) is 5.91. The van der Waals surface area contributed by atoms with Crippen LogP contribution in [0.15, 0.2) is 24.3 Å². The fourth-order valence-electron chi connectivity index (χ4n) is 2.65. The predicted octanol–water partition coefficient (Wildman–Crippen LogP) is 4.53. The van der Waals surface area contributed by atoms with Crippen LogP contribution < -0.4 is 5.32 Å². The maximum atomic E-state index is 12.3. The molecule has 5 nitrogen and oxygen atoms in total. The Labute approximate surface area is 165 Å². The zero-order valence-electron chi connectivity index (χ0n) is 14.5. The number of hydrogen-bond acceptors (Lipinski definition) is 4. The van der Waals surface area contributed by atoms with E-state index < -0.39 is 0 Å². The molecule has 0 saturated heterocycles. The number of carbonyl (C=O) groups excluding carboxylic acids is 1. The molecule has 1 aromatic carbocycles. The van der Waals surface area contributed by atoms with Crippen molar-refractivity contribution in [2.45, 2.75) is 19.9 Å². The SMILES string of the molecule is COCCCNC(=O)c1cc2c(C)nn(Cc3ccc(Cl)cc3Cl)c2s1. The second kappa shape index (κ2) is 8.39. The number of methoxy groups -OCH3 is 1. The maximum absolute atomic E-state index is 12.3. The second-order valence-corrected chi connectivity index (χ2v) is 7.78. The molecular weight excluding hydrogens is 393 g/mol. The summed E-state index contributed by atoms with van der Waals surface area (Å²) < 4.78 is 6.87. The standard InChI is InChI=1S/C18H19Cl2N3O2S/c1-11-14-9-16(17(24)21-6-3-7-25-2)26-18(14)23(22-11)10-12-4-5-13(19)8-15(12)20/h4-5,8-9H,3,6-7,10H2,1-2H3,(H,21,24). The van der Waals surface area contributed by atoms with Gasteiger partial charge < -0.3 is 10.1 Å². The lowest BCUT2D eigenvalue weighted by molar-refractivity contribution is 0.0952. The molecule has 138 valence electrons. The number of hydrogen-bond donors (Lipinski definition) is 1. The summed E-state index contributed by atoms with van der Waals surface area (Å²) in [7, 11) is 1.65. The lowest BCUT2D eigenvalue weighted by Crippen LogP contribution is -2.24. The van der Waals surface area contributed by atoms with Crippen molar-refractivity contribution in [2.75, 3.05) is 20.3 Å². The summed E-state index contributed by atoms with van der Waals surface area (Å²) in [5.74, 6) is -0.0715. The van der Waals surface area contributed by atoms with Crippen LogP contribution in [-0.2, 0) is 11.3 Å². The fraction of sp³-hybridized carbons (Fsp3) is 0.333. The largest absolute Gasteiger partial charge is 0.385 e. The molecule has 3 aromatic rings. The van der Waals surface area contributed by atoms with Crippen LogP contribution in [0.2, 0.25) is 10.0 Å². The number of rotatable bonds is 7. The summed E-state index contributed by atoms with van der Waals surface area (Å²) in [6, 6.07) is 7.32. The molecule has 0 atom stereocenters. The first-order chi connectivity index (χ1) is 12.5. The van der Waals surface area contributed by atoms with E-state index in [0.717, 1.165) is 27.9 Å². The van der Waals surface area contributed by atoms with E-state index in [-0.39, 0.29) is 5.91 Å². The number of nitrogens with zero attached hydrogens (tertiary/aromatic N) is 2. The Bertz CT molecular complexity index is 936. The van der Waals surface area contributed by atoms with Crippen LogP contribution in [-0.4, -0.2) is 35.9 Å². The van der Waals surface area contributed by atoms with Crippen molar-refractivity contribution in [3.05, 3.63) is 50.4 Å². The molecule has 0 aliphatic carbocycles. The first-order valence-corrected chi connectivity index (χ1v) is 9.75. The average Bonchev–Trinajstić information content (AvgIpc) is 3.16. The molecule has 0 aliphatic rings. The van der Waals surface area contributed by atoms with Gasteiger partial charge in [0.05, 0.1) is 17.1 Å². The van der Waals surface area contributed by atoms with Crippen molar-refractivity contribution in [1.29, 1.82) is 0 Å². The van der Waals surface area contributed by atoms with Crippen molar-refractivity contribution in [3.8, 4) is 0 Å². The lowest BCUT2D eigenvalue weighted by atomic mass is 10.2. The molecule has 0 radical (unpaired) electrons. The third-order valence-corrected chi connectivity index (χ3v) is 5.71. The highest BCUT2D eigenvalue weighted by Crippen LogP contribution is 2.30. The Morgan fingerprint density at radius 1 is 1.35 bits per heavy atom. The van der Waals surface area contributed by atoms with Gasteiger partial charge in [-0.2, -0.15) is 5.10 Å². The number of fused-ring (bicyclic) bond motifs is 1. The van der Waals surface area contributed by atoms with Crippen molar-refractivity contribution in [2.24, 2.45) is 0 Å². The van der Waals surface area contributed by atoms with Crippen LogP contribution in [0, 0.1) is 6.92 Å². The maximum Gasteiger partial charge on any atom is 0.261 e. The van der Waals surface area contributed by atoms with Gasteiger partial charge in [-0.3, -0.25) is 9.48 Å². The predicted molar refractivity (Wildman–Crippen MR) is 107 cm³/mol. The number of nitrogens with one attached hydrogen (secondary N) is 1. The van der Waals surface area contributed by atoms with E-state index in [0.29, 0.717) is 34.6 Å². The van der Waals surface area contributed by atoms with Crippen molar-refractivity contribution < 1.29 is 9.53 Å². The number of aryl methyl sites for hydroxylation is 1. The van der Waals surface area contributed by atoms with Gasteiger partial charge in [-0.05, 0) is 37.1 Å². The number of carbonyl (C=O) groups is 1. The molecule has 2 heterocycles. The number of ether oxygens (including phenoxy) is 1. The minimum Gasteiger partial charge on any atom is -0.385 e. The number of thiophene rings is 1. The number of halogens is 2. The van der Waals surface area contributed by atoms with Gasteiger partial charge in [0, 0.05) is 35.7 Å². The van der Waals surface area contributed by atoms with Gasteiger partial charge in [-0.15, -0.1) is 11.3 Å². The summed E-state index contributed by atoms with van der Waals surface area (Å²) in [6.45, 7) is 3.68. The Kier molecular flexibility index (Phi) is 6.19. The van der Waals surface area contributed by atoms with Crippen LogP contribution in [0.25, 0.3) is 10.2 Å². The Balaban J connectivity index is 1.81. The monoisotopic (exact) mass is 411 g/mol. The van der Waals surface area contributed by atoms with E-state index >= 15 is 0 Å². The third-order valence-electron chi connectivity index (χ3n) is 3.98. The summed E-state index contributed by atoms with van der Waals surface area (Å²) in [6.07, 6.45) is 0.787. The minimum atomic E-state index is -0.0715. The van der Waals surface area contributed by atoms with E-state index in [9.17, 15) is 4.79 Å². The van der Waals surface area contributed by atoms with Gasteiger partial charge in [0.15, 0.2) is 0 Å². The van der Waals surface area contributed by atoms with E-state index in [1.807, 2.05) is 29.8 Å². The summed E-state index contributed by atoms with van der Waals surface area (Å²) in [5, 5.41) is 9.69. The molecule has 2 aromatic heterocycles. The molecule has 0 fully saturated rings. The molecular formula is C18H19Cl2N3O2S. The summed E-state index contributed by atoms with van der Waals surface area (Å²) in [4.78, 5) is 14.0. The van der Waals surface area contributed by atoms with Gasteiger partial charge in [-0.1, -0.05) is 29.3 Å². The highest BCUT2D eigenvalue weighted by Gasteiger charge is 2.17. The molecule has 1 amide bonds. The van der Waals surface area contributed by atoms with Crippen molar-refractivity contribution in [3.63, 3.8) is 0 Å². The number of benzene rings is 1. The fourth-order valence-corrected chi connectivity index (χ4v) is 4.19. The van der Waals surface area contributed by atoms with Crippen molar-refractivity contribution >= 4 is 50.7 Å². The molecule has 1 N–H and O–H groups in total. The van der Waals surface area contributed by atoms with E-state index in [2.05, 4.69) is 10.4 Å². The summed E-state index contributed by atoms with van der Waals surface area (Å²) in [5.41, 5.74) is 1.82. The van der Waals surface area contributed by atoms with Gasteiger partial charge in [0.1, 0.15) is 4.83 Å². The molecule has 0 saturated carbocycles. The zero-order chi connectivity index (χ0) is 18.7. The molecule has 8 heteroatoms. The topological polar surface area (TPSA) is 56.1 Å². The van der Waals surface area contributed by atoms with Crippen LogP contribution in [0.4, 0.5) is 0 Å². The highest BCUT2D eigenvalue weighted by atomic mass is 35.5. The third kappa shape index (κ3) is 4.20. The number of amides is 1.